The molecule has 1 aliphatic heterocycles. The fourth-order valence-corrected chi connectivity index (χ4v) is 5.41. The van der Waals surface area contributed by atoms with Crippen molar-refractivity contribution in [1.29, 1.82) is 0 Å². The Kier molecular flexibility index (Phi) is 6.19. The van der Waals surface area contributed by atoms with E-state index in [-0.39, 0.29) is 49.8 Å². The first-order valence-corrected chi connectivity index (χ1v) is 12.0. The first-order valence-electron chi connectivity index (χ1n) is 11.6. The number of hydrogen-bond acceptors (Lipinski definition) is 5. The SMILES string of the molecule is C#Cc1c(F)ccc2cc(O)cc(-c3c(Cl)cc4cnc(OC[C@@]5(C)CCCN(C)C5)nc4c3F)c12. The van der Waals surface area contributed by atoms with Crippen LogP contribution in [0.25, 0.3) is 32.8 Å². The number of hydrogen-bond donors (Lipinski definition) is 1. The number of halogens is 3. The number of benzene rings is 3. The molecule has 5 nitrogen and oxygen atoms in total. The molecule has 0 spiro atoms. The second-order valence-electron chi connectivity index (χ2n) is 9.74. The summed E-state index contributed by atoms with van der Waals surface area (Å²) in [7, 11) is 2.08. The zero-order valence-electron chi connectivity index (χ0n) is 19.9. The number of terminal acetylenes is 1. The fraction of sp³-hybridized carbons (Fsp3) is 0.286. The summed E-state index contributed by atoms with van der Waals surface area (Å²) in [6.07, 6.45) is 9.12. The number of likely N-dealkylation sites (tertiary alicyclic amines) is 1. The van der Waals surface area contributed by atoms with Crippen molar-refractivity contribution < 1.29 is 18.6 Å². The Morgan fingerprint density at radius 2 is 2.06 bits per heavy atom. The second-order valence-corrected chi connectivity index (χ2v) is 10.1. The van der Waals surface area contributed by atoms with Crippen LogP contribution in [0.15, 0.2) is 36.5 Å². The third-order valence-electron chi connectivity index (χ3n) is 6.73. The normalized spacial score (nSPS) is 18.4. The van der Waals surface area contributed by atoms with Gasteiger partial charge in [-0.3, -0.25) is 0 Å². The van der Waals surface area contributed by atoms with Crippen molar-refractivity contribution in [2.45, 2.75) is 19.8 Å². The van der Waals surface area contributed by atoms with Crippen molar-refractivity contribution in [1.82, 2.24) is 14.9 Å². The van der Waals surface area contributed by atoms with Gasteiger partial charge in [0.15, 0.2) is 5.82 Å². The number of phenolic OH excluding ortho intramolecular Hbond substituents is 1. The van der Waals surface area contributed by atoms with Gasteiger partial charge in [-0.2, -0.15) is 4.98 Å². The van der Waals surface area contributed by atoms with Crippen LogP contribution in [0.5, 0.6) is 11.8 Å². The van der Waals surface area contributed by atoms with E-state index < -0.39 is 11.6 Å². The van der Waals surface area contributed by atoms with E-state index in [0.29, 0.717) is 17.4 Å². The lowest BCUT2D eigenvalue weighted by molar-refractivity contribution is 0.0660. The Morgan fingerprint density at radius 1 is 1.25 bits per heavy atom. The maximum atomic E-state index is 16.0. The highest BCUT2D eigenvalue weighted by molar-refractivity contribution is 6.34. The van der Waals surface area contributed by atoms with Gasteiger partial charge in [0.05, 0.1) is 17.2 Å². The molecule has 1 N–H and O–H groups in total. The van der Waals surface area contributed by atoms with Gasteiger partial charge in [0.2, 0.25) is 0 Å². The number of phenols is 1. The minimum absolute atomic E-state index is 0.000434. The minimum Gasteiger partial charge on any atom is -0.508 e. The summed E-state index contributed by atoms with van der Waals surface area (Å²) in [6.45, 7) is 4.48. The Bertz CT molecular complexity index is 1550. The van der Waals surface area contributed by atoms with Gasteiger partial charge >= 0.3 is 6.01 Å². The standard InChI is InChI=1S/C28H24ClF2N3O2/c1-4-19-22(30)7-6-16-10-18(35)12-20(23(16)19)24-21(29)11-17-13-32-27(33-26(17)25(24)31)36-15-28(2)8-5-9-34(3)14-28/h1,6-7,10-13,35H,5,8-9,14-15H2,2-3H3/t28-/m0/s1. The molecule has 0 bridgehead atoms. The molecule has 1 fully saturated rings. The lowest BCUT2D eigenvalue weighted by Crippen LogP contribution is -2.42. The number of ether oxygens (including phenoxy) is 1. The van der Waals surface area contributed by atoms with E-state index in [4.69, 9.17) is 22.8 Å². The maximum Gasteiger partial charge on any atom is 0.317 e. The van der Waals surface area contributed by atoms with Crippen LogP contribution in [0.4, 0.5) is 8.78 Å². The average molecular weight is 508 g/mol. The van der Waals surface area contributed by atoms with Crippen LogP contribution in [-0.4, -0.2) is 46.7 Å². The molecule has 1 atom stereocenters. The van der Waals surface area contributed by atoms with Crippen LogP contribution in [0.2, 0.25) is 5.02 Å². The van der Waals surface area contributed by atoms with Crippen molar-refractivity contribution in [2.24, 2.45) is 5.41 Å². The molecule has 0 unspecified atom stereocenters. The summed E-state index contributed by atoms with van der Waals surface area (Å²) in [4.78, 5) is 10.8. The van der Waals surface area contributed by atoms with E-state index in [2.05, 4.69) is 34.8 Å². The smallest absolute Gasteiger partial charge is 0.317 e. The minimum atomic E-state index is -0.743. The molecule has 4 aromatic rings. The Labute approximate surface area is 212 Å². The Balaban J connectivity index is 1.62. The number of nitrogens with zero attached hydrogens (tertiary/aromatic N) is 3. The summed E-state index contributed by atoms with van der Waals surface area (Å²) in [5.41, 5.74) is 0.0138. The summed E-state index contributed by atoms with van der Waals surface area (Å²) in [6, 6.07) is 7.02. The van der Waals surface area contributed by atoms with Gasteiger partial charge in [-0.25, -0.2) is 13.8 Å². The number of piperidine rings is 1. The first kappa shape index (κ1) is 24.2. The van der Waals surface area contributed by atoms with Crippen LogP contribution in [0, 0.1) is 29.4 Å². The van der Waals surface area contributed by atoms with E-state index >= 15 is 4.39 Å². The van der Waals surface area contributed by atoms with Crippen molar-refractivity contribution in [3.05, 3.63) is 58.7 Å². The molecule has 0 radical (unpaired) electrons. The monoisotopic (exact) mass is 507 g/mol. The van der Waals surface area contributed by atoms with E-state index in [1.807, 2.05) is 0 Å². The second kappa shape index (κ2) is 9.20. The molecular formula is C28H24ClF2N3O2. The topological polar surface area (TPSA) is 58.5 Å². The first-order chi connectivity index (χ1) is 17.2. The molecule has 1 aromatic heterocycles. The number of aromatic hydroxyl groups is 1. The zero-order valence-corrected chi connectivity index (χ0v) is 20.7. The summed E-state index contributed by atoms with van der Waals surface area (Å²) in [5, 5.41) is 11.5. The van der Waals surface area contributed by atoms with Crippen LogP contribution in [-0.2, 0) is 0 Å². The van der Waals surface area contributed by atoms with Crippen molar-refractivity contribution >= 4 is 33.3 Å². The van der Waals surface area contributed by atoms with E-state index in [0.717, 1.165) is 25.9 Å². The number of aromatic nitrogens is 2. The van der Waals surface area contributed by atoms with Gasteiger partial charge in [-0.1, -0.05) is 30.5 Å². The molecule has 3 aromatic carbocycles. The molecule has 36 heavy (non-hydrogen) atoms. The molecule has 0 aliphatic carbocycles. The average Bonchev–Trinajstić information content (AvgIpc) is 2.83. The highest BCUT2D eigenvalue weighted by Gasteiger charge is 2.31. The lowest BCUT2D eigenvalue weighted by Gasteiger charge is -2.38. The van der Waals surface area contributed by atoms with Crippen molar-refractivity contribution in [3.8, 4) is 35.2 Å². The van der Waals surface area contributed by atoms with Crippen LogP contribution < -0.4 is 4.74 Å². The van der Waals surface area contributed by atoms with Gasteiger partial charge in [-0.15, -0.1) is 6.42 Å². The van der Waals surface area contributed by atoms with Gasteiger partial charge < -0.3 is 14.7 Å². The van der Waals surface area contributed by atoms with Crippen molar-refractivity contribution in [2.75, 3.05) is 26.7 Å². The summed E-state index contributed by atoms with van der Waals surface area (Å²) >= 11 is 6.51. The molecule has 1 aliphatic rings. The highest BCUT2D eigenvalue weighted by atomic mass is 35.5. The highest BCUT2D eigenvalue weighted by Crippen LogP contribution is 2.42. The summed E-state index contributed by atoms with van der Waals surface area (Å²) < 4.78 is 36.5. The maximum absolute atomic E-state index is 16.0. The molecular weight excluding hydrogens is 484 g/mol. The molecule has 184 valence electrons. The van der Waals surface area contributed by atoms with Gasteiger partial charge in [-0.05, 0) is 61.6 Å². The molecule has 0 saturated carbocycles. The largest absolute Gasteiger partial charge is 0.508 e. The number of fused-ring (bicyclic) bond motifs is 2. The van der Waals surface area contributed by atoms with E-state index in [1.54, 1.807) is 0 Å². The molecule has 2 heterocycles. The van der Waals surface area contributed by atoms with Gasteiger partial charge in [0.25, 0.3) is 0 Å². The predicted octanol–water partition coefficient (Wildman–Crippen LogP) is 6.18. The fourth-order valence-electron chi connectivity index (χ4n) is 5.11. The van der Waals surface area contributed by atoms with Crippen molar-refractivity contribution in [3.63, 3.8) is 0 Å². The van der Waals surface area contributed by atoms with Crippen LogP contribution >= 0.6 is 11.6 Å². The molecule has 0 amide bonds. The summed E-state index contributed by atoms with van der Waals surface area (Å²) in [5.74, 6) is 0.824. The molecule has 1 saturated heterocycles. The van der Waals surface area contributed by atoms with E-state index in [1.165, 1.54) is 36.5 Å². The number of rotatable bonds is 4. The predicted molar refractivity (Wildman–Crippen MR) is 137 cm³/mol. The Morgan fingerprint density at radius 3 is 2.81 bits per heavy atom. The van der Waals surface area contributed by atoms with Gasteiger partial charge in [0, 0.05) is 34.5 Å². The third kappa shape index (κ3) is 4.32. The van der Waals surface area contributed by atoms with Crippen LogP contribution in [0.3, 0.4) is 0 Å². The van der Waals surface area contributed by atoms with Gasteiger partial charge in [0.1, 0.15) is 17.1 Å². The lowest BCUT2D eigenvalue weighted by atomic mass is 9.83. The Hall–Kier alpha value is -3.47. The molecule has 5 rings (SSSR count). The van der Waals surface area contributed by atoms with Crippen LogP contribution in [0.1, 0.15) is 25.3 Å². The quantitative estimate of drug-likeness (QED) is 0.334. The zero-order chi connectivity index (χ0) is 25.6. The van der Waals surface area contributed by atoms with E-state index in [9.17, 15) is 9.50 Å². The third-order valence-corrected chi connectivity index (χ3v) is 7.03. The molecule has 8 heteroatoms.